The second-order valence-electron chi connectivity index (χ2n) is 19.6. The molecule has 4 atom stereocenters. The van der Waals surface area contributed by atoms with E-state index in [1.807, 2.05) is 133 Å². The Labute approximate surface area is 475 Å². The molecule has 0 radical (unpaired) electrons. The molecule has 7 aromatic rings. The molecule has 1 fully saturated rings. The summed E-state index contributed by atoms with van der Waals surface area (Å²) < 4.78 is 48.1. The molecule has 1 aliphatic rings. The molecule has 0 spiro atoms. The van der Waals surface area contributed by atoms with Crippen molar-refractivity contribution in [2.24, 2.45) is 0 Å². The summed E-state index contributed by atoms with van der Waals surface area (Å²) in [5.74, 6) is 1.46. The zero-order chi connectivity index (χ0) is 56.3. The van der Waals surface area contributed by atoms with Crippen LogP contribution in [-0.2, 0) is 33.1 Å². The molecule has 80 heavy (non-hydrogen) atoms. The number of carbonyl (C=O) groups excluding carboxylic acids is 1. The van der Waals surface area contributed by atoms with Gasteiger partial charge in [0.1, 0.15) is 40.0 Å². The maximum atomic E-state index is 14.0. The summed E-state index contributed by atoms with van der Waals surface area (Å²) in [6.07, 6.45) is 1.06. The molecule has 1 aromatic heterocycles. The molecule has 2 N–H and O–H groups in total. The van der Waals surface area contributed by atoms with E-state index < -0.39 is 49.0 Å². The zero-order valence-electron chi connectivity index (χ0n) is 46.2. The van der Waals surface area contributed by atoms with Crippen molar-refractivity contribution in [1.82, 2.24) is 19.5 Å². The predicted molar refractivity (Wildman–Crippen MR) is 314 cm³/mol. The van der Waals surface area contributed by atoms with E-state index in [1.54, 1.807) is 26.5 Å². The van der Waals surface area contributed by atoms with E-state index in [2.05, 4.69) is 90.5 Å². The Kier molecular flexibility index (Phi) is 21.5. The van der Waals surface area contributed by atoms with Gasteiger partial charge in [-0.25, -0.2) is 14.3 Å². The number of benzene rings is 6. The molecule has 8 rings (SSSR count). The average Bonchev–Trinajstić information content (AvgIpc) is 4.01. The van der Waals surface area contributed by atoms with Crippen molar-refractivity contribution in [2.75, 3.05) is 45.9 Å². The summed E-state index contributed by atoms with van der Waals surface area (Å²) in [5, 5.41) is 15.1. The highest BCUT2D eigenvalue weighted by atomic mass is 32.2. The van der Waals surface area contributed by atoms with Crippen molar-refractivity contribution in [1.29, 1.82) is 5.26 Å². The van der Waals surface area contributed by atoms with E-state index in [4.69, 9.17) is 32.2 Å². The lowest BCUT2D eigenvalue weighted by Crippen LogP contribution is -2.39. The SMILES string of the molecule is COc1ccc(C(OC[C@H]2O[C@@H](n3ccc(NC(=O)NCCCCOSC(c4ccccc4)(c4ccccc4)c4ccccc4)nc3=O)C[C@@H]2OP(OCCC#N)N(C(C)C)C(C)C)(c2ccccc2)c2ccc(OC)cc2)cc1. The minimum Gasteiger partial charge on any atom is -0.497 e. The number of carbonyl (C=O) groups is 1. The van der Waals surface area contributed by atoms with Gasteiger partial charge >= 0.3 is 11.7 Å². The molecule has 2 amide bonds. The summed E-state index contributed by atoms with van der Waals surface area (Å²) in [6, 6.07) is 59.9. The van der Waals surface area contributed by atoms with Gasteiger partial charge in [-0.1, -0.05) is 146 Å². The minimum absolute atomic E-state index is 0.00162. The lowest BCUT2D eigenvalue weighted by atomic mass is 9.80. The largest absolute Gasteiger partial charge is 0.497 e. The second kappa shape index (κ2) is 29.0. The number of anilines is 1. The van der Waals surface area contributed by atoms with Crippen molar-refractivity contribution < 1.29 is 37.0 Å². The van der Waals surface area contributed by atoms with Gasteiger partial charge in [0.2, 0.25) is 0 Å². The third-order valence-electron chi connectivity index (χ3n) is 13.8. The maximum absolute atomic E-state index is 14.0. The molecule has 1 aliphatic heterocycles. The minimum atomic E-state index is -1.73. The summed E-state index contributed by atoms with van der Waals surface area (Å²) >= 11 is 1.43. The third-order valence-corrected chi connectivity index (χ3v) is 17.1. The Hall–Kier alpha value is -6.90. The van der Waals surface area contributed by atoms with E-state index in [0.29, 0.717) is 37.5 Å². The van der Waals surface area contributed by atoms with E-state index in [0.717, 1.165) is 33.4 Å². The third kappa shape index (κ3) is 14.3. The highest BCUT2D eigenvalue weighted by Crippen LogP contribution is 2.52. The molecule has 0 aliphatic carbocycles. The topological polar surface area (TPSA) is 168 Å². The van der Waals surface area contributed by atoms with E-state index in [-0.39, 0.29) is 44.0 Å². The Morgan fingerprint density at radius 3 is 1.74 bits per heavy atom. The number of urea groups is 1. The first-order valence-corrected chi connectivity index (χ1v) is 28.9. The van der Waals surface area contributed by atoms with Crippen LogP contribution in [0.5, 0.6) is 11.5 Å². The van der Waals surface area contributed by atoms with Crippen molar-refractivity contribution >= 4 is 32.4 Å². The smallest absolute Gasteiger partial charge is 0.351 e. The standard InChI is InChI=1S/C63H71N6O9PS/c1-46(2)69(47(3)4)79(75-42-21-39-64)78-56-44-59(77-57(56)45-74-62(48-22-11-7-12-23-48,49-30-34-54(72-5)35-31-49)50-32-36-55(73-6)37-33-50)68-41-38-58(67-61(68)71)66-60(70)65-40-19-20-43-76-80-63(51-24-13-8-14-25-51,52-26-15-9-16-27-52)53-28-17-10-18-29-53/h7-18,22-38,41,46-47,56-57,59H,19-21,40,42-45H2,1-6H3,(H2,65,66,67,70,71)/t56-,57+,59+,79?/m0/s1. The average molecular weight is 1120 g/mol. The number of amides is 2. The van der Waals surface area contributed by atoms with Crippen LogP contribution in [0.4, 0.5) is 10.6 Å². The highest BCUT2D eigenvalue weighted by molar-refractivity contribution is 7.96. The van der Waals surface area contributed by atoms with Crippen molar-refractivity contribution in [3.05, 3.63) is 226 Å². The molecule has 1 saturated heterocycles. The quantitative estimate of drug-likeness (QED) is 0.0206. The number of nitrogens with zero attached hydrogens (tertiary/aromatic N) is 4. The van der Waals surface area contributed by atoms with Gasteiger partial charge in [0.15, 0.2) is 0 Å². The van der Waals surface area contributed by atoms with Crippen LogP contribution in [-0.4, -0.2) is 85.1 Å². The van der Waals surface area contributed by atoms with Gasteiger partial charge in [-0.15, -0.1) is 0 Å². The van der Waals surface area contributed by atoms with E-state index in [1.165, 1.54) is 16.6 Å². The molecule has 17 heteroatoms. The molecule has 15 nitrogen and oxygen atoms in total. The van der Waals surface area contributed by atoms with Gasteiger partial charge in [0.25, 0.3) is 8.53 Å². The maximum Gasteiger partial charge on any atom is 0.351 e. The van der Waals surface area contributed by atoms with E-state index in [9.17, 15) is 14.9 Å². The molecular weight excluding hydrogens is 1050 g/mol. The molecule has 2 heterocycles. The molecular formula is C63H71N6O9PS. The van der Waals surface area contributed by atoms with Crippen molar-refractivity contribution in [3.63, 3.8) is 0 Å². The highest BCUT2D eigenvalue weighted by Gasteiger charge is 2.45. The van der Waals surface area contributed by atoms with Crippen LogP contribution in [0.1, 0.15) is 93.0 Å². The number of hydrogen-bond donors (Lipinski definition) is 2. The first kappa shape index (κ1) is 59.2. The van der Waals surface area contributed by atoms with Crippen molar-refractivity contribution in [3.8, 4) is 17.6 Å². The number of ether oxygens (including phenoxy) is 4. The number of rotatable bonds is 28. The van der Waals surface area contributed by atoms with Crippen LogP contribution in [0.3, 0.4) is 0 Å². The van der Waals surface area contributed by atoms with Crippen LogP contribution in [0.25, 0.3) is 0 Å². The van der Waals surface area contributed by atoms with Crippen LogP contribution in [0.15, 0.2) is 187 Å². The summed E-state index contributed by atoms with van der Waals surface area (Å²) in [7, 11) is 1.52. The zero-order valence-corrected chi connectivity index (χ0v) is 47.9. The molecule has 0 bridgehead atoms. The first-order chi connectivity index (χ1) is 39.0. The van der Waals surface area contributed by atoms with Crippen molar-refractivity contribution in [2.45, 2.75) is 94.2 Å². The number of aromatic nitrogens is 2. The van der Waals surface area contributed by atoms with Gasteiger partial charge in [-0.05, 0) is 104 Å². The van der Waals surface area contributed by atoms with Crippen LogP contribution in [0, 0.1) is 11.3 Å². The Balaban J connectivity index is 0.969. The first-order valence-electron chi connectivity index (χ1n) is 27.0. The molecule has 0 saturated carbocycles. The molecule has 1 unspecified atom stereocenters. The fourth-order valence-electron chi connectivity index (χ4n) is 9.97. The van der Waals surface area contributed by atoms with E-state index >= 15 is 0 Å². The van der Waals surface area contributed by atoms with Crippen LogP contribution in [0.2, 0.25) is 0 Å². The molecule has 418 valence electrons. The van der Waals surface area contributed by atoms with Gasteiger partial charge < -0.3 is 37.5 Å². The summed E-state index contributed by atoms with van der Waals surface area (Å²) in [5.41, 5.74) is 4.03. The number of methoxy groups -OCH3 is 2. The lowest BCUT2D eigenvalue weighted by molar-refractivity contribution is -0.0925. The predicted octanol–water partition coefficient (Wildman–Crippen LogP) is 12.8. The van der Waals surface area contributed by atoms with Crippen LogP contribution < -0.4 is 25.8 Å². The van der Waals surface area contributed by atoms with Gasteiger partial charge in [0.05, 0.1) is 52.6 Å². The van der Waals surface area contributed by atoms with Gasteiger partial charge in [-0.2, -0.15) is 10.2 Å². The fourth-order valence-corrected chi connectivity index (χ4v) is 12.8. The number of nitrogens with one attached hydrogen (secondary N) is 2. The summed E-state index contributed by atoms with van der Waals surface area (Å²) in [4.78, 5) is 31.5. The Bertz CT molecular complexity index is 2950. The Morgan fingerprint density at radius 2 is 1.25 bits per heavy atom. The molecule has 6 aromatic carbocycles. The number of hydrogen-bond acceptors (Lipinski definition) is 13. The number of nitriles is 1. The fraction of sp³-hybridized carbons (Fsp3) is 0.333. The second-order valence-corrected chi connectivity index (χ2v) is 22.1. The normalized spacial score (nSPS) is 15.9. The van der Waals surface area contributed by atoms with Gasteiger partial charge in [0, 0.05) is 43.3 Å². The monoisotopic (exact) mass is 1120 g/mol. The number of unbranched alkanes of at least 4 members (excludes halogenated alkanes) is 1. The summed E-state index contributed by atoms with van der Waals surface area (Å²) in [6.45, 7) is 9.29. The Morgan fingerprint density at radius 1 is 0.738 bits per heavy atom. The van der Waals surface area contributed by atoms with Gasteiger partial charge in [-0.3, -0.25) is 9.88 Å². The lowest BCUT2D eigenvalue weighted by Gasteiger charge is -2.39. The van der Waals surface area contributed by atoms with Crippen LogP contribution >= 0.6 is 20.6 Å².